The van der Waals surface area contributed by atoms with Gasteiger partial charge in [-0.25, -0.2) is 17.7 Å². The van der Waals surface area contributed by atoms with Gasteiger partial charge >= 0.3 is 0 Å². The van der Waals surface area contributed by atoms with E-state index in [-0.39, 0.29) is 11.7 Å². The predicted molar refractivity (Wildman–Crippen MR) is 104 cm³/mol. The van der Waals surface area contributed by atoms with E-state index in [1.54, 1.807) is 0 Å². The fourth-order valence-electron chi connectivity index (χ4n) is 3.26. The molecule has 7 nitrogen and oxygen atoms in total. The molecular weight excluding hydrogens is 366 g/mol. The molecule has 1 aliphatic heterocycles. The largest absolute Gasteiger partial charge is 0.441 e. The van der Waals surface area contributed by atoms with Gasteiger partial charge in [-0.2, -0.15) is 0 Å². The molecule has 1 N–H and O–H groups in total. The van der Waals surface area contributed by atoms with Crippen molar-refractivity contribution in [2.75, 3.05) is 32.9 Å². The van der Waals surface area contributed by atoms with Gasteiger partial charge in [0.2, 0.25) is 15.9 Å². The summed E-state index contributed by atoms with van der Waals surface area (Å²) in [6.45, 7) is 5.37. The van der Waals surface area contributed by atoms with E-state index in [1.807, 2.05) is 43.0 Å². The van der Waals surface area contributed by atoms with Crippen LogP contribution in [0, 0.1) is 19.8 Å². The van der Waals surface area contributed by atoms with Gasteiger partial charge in [-0.15, -0.1) is 0 Å². The van der Waals surface area contributed by atoms with E-state index in [0.717, 1.165) is 17.0 Å². The van der Waals surface area contributed by atoms with Crippen LogP contribution in [0.1, 0.15) is 17.0 Å². The van der Waals surface area contributed by atoms with Crippen LogP contribution in [0.3, 0.4) is 0 Å². The standard InChI is InChI=1S/C19H27N3O4S/c1-13-5-7-15(8-6-13)19-20-17(14(2)26-19)10-22-9-16(18(23)11-22)12-27(24,25)21(3)4/h5-8,16,18,23H,9-12H2,1-4H3/t16-,18+/m0/s1. The average molecular weight is 394 g/mol. The fourth-order valence-corrected chi connectivity index (χ4v) is 4.43. The highest BCUT2D eigenvalue weighted by Gasteiger charge is 2.35. The number of aryl methyl sites for hydroxylation is 2. The second kappa shape index (κ2) is 7.71. The number of aromatic nitrogens is 1. The third kappa shape index (κ3) is 4.57. The topological polar surface area (TPSA) is 86.9 Å². The second-order valence-corrected chi connectivity index (χ2v) is 9.70. The molecule has 27 heavy (non-hydrogen) atoms. The summed E-state index contributed by atoms with van der Waals surface area (Å²) >= 11 is 0. The maximum Gasteiger partial charge on any atom is 0.226 e. The van der Waals surface area contributed by atoms with Crippen LogP contribution < -0.4 is 0 Å². The zero-order valence-electron chi connectivity index (χ0n) is 16.2. The number of likely N-dealkylation sites (tertiary alicyclic amines) is 1. The number of sulfonamides is 1. The number of hydrogen-bond donors (Lipinski definition) is 1. The summed E-state index contributed by atoms with van der Waals surface area (Å²) in [5, 5.41) is 10.3. The first-order valence-electron chi connectivity index (χ1n) is 8.99. The van der Waals surface area contributed by atoms with Crippen LogP contribution in [-0.4, -0.2) is 66.8 Å². The minimum absolute atomic E-state index is 0.0515. The van der Waals surface area contributed by atoms with E-state index in [0.29, 0.717) is 25.5 Å². The van der Waals surface area contributed by atoms with Crippen molar-refractivity contribution in [1.82, 2.24) is 14.2 Å². The van der Waals surface area contributed by atoms with E-state index in [1.165, 1.54) is 24.0 Å². The summed E-state index contributed by atoms with van der Waals surface area (Å²) in [7, 11) is -0.315. The number of β-amino-alcohol motifs (C(OH)–C–C–N with tert-alkyl or cyclic N) is 1. The Morgan fingerprint density at radius 1 is 1.22 bits per heavy atom. The van der Waals surface area contributed by atoms with Crippen LogP contribution in [0.5, 0.6) is 0 Å². The molecule has 0 bridgehead atoms. The van der Waals surface area contributed by atoms with Gasteiger partial charge in [-0.1, -0.05) is 17.7 Å². The normalized spacial score (nSPS) is 21.3. The molecule has 0 radical (unpaired) electrons. The third-order valence-electron chi connectivity index (χ3n) is 5.03. The van der Waals surface area contributed by atoms with Crippen molar-refractivity contribution in [3.05, 3.63) is 41.3 Å². The molecule has 1 aliphatic rings. The lowest BCUT2D eigenvalue weighted by Gasteiger charge is -2.17. The van der Waals surface area contributed by atoms with Crippen LogP contribution in [-0.2, 0) is 16.6 Å². The summed E-state index contributed by atoms with van der Waals surface area (Å²) < 4.78 is 31.2. The molecule has 2 aromatic rings. The number of aliphatic hydroxyl groups is 1. The molecule has 0 spiro atoms. The number of aliphatic hydroxyl groups excluding tert-OH is 1. The summed E-state index contributed by atoms with van der Waals surface area (Å²) in [5.41, 5.74) is 2.91. The summed E-state index contributed by atoms with van der Waals surface area (Å²) in [6, 6.07) is 7.99. The van der Waals surface area contributed by atoms with Crippen LogP contribution in [0.2, 0.25) is 0 Å². The Labute approximate surface area is 160 Å². The molecule has 148 valence electrons. The predicted octanol–water partition coefficient (Wildman–Crippen LogP) is 1.64. The van der Waals surface area contributed by atoms with Gasteiger partial charge in [0.1, 0.15) is 5.76 Å². The zero-order valence-corrected chi connectivity index (χ0v) is 17.0. The van der Waals surface area contributed by atoms with Gasteiger partial charge in [-0.05, 0) is 26.0 Å². The highest BCUT2D eigenvalue weighted by Crippen LogP contribution is 2.26. The van der Waals surface area contributed by atoms with Gasteiger partial charge in [0.15, 0.2) is 0 Å². The molecule has 0 unspecified atom stereocenters. The fraction of sp³-hybridized carbons (Fsp3) is 0.526. The molecule has 0 amide bonds. The van der Waals surface area contributed by atoms with E-state index >= 15 is 0 Å². The molecule has 3 rings (SSSR count). The number of nitrogens with zero attached hydrogens (tertiary/aromatic N) is 3. The van der Waals surface area contributed by atoms with Gasteiger partial charge in [-0.3, -0.25) is 4.90 Å². The Kier molecular flexibility index (Phi) is 5.71. The van der Waals surface area contributed by atoms with Crippen molar-refractivity contribution in [3.63, 3.8) is 0 Å². The molecule has 8 heteroatoms. The van der Waals surface area contributed by atoms with Crippen molar-refractivity contribution >= 4 is 10.0 Å². The monoisotopic (exact) mass is 393 g/mol. The minimum atomic E-state index is -3.34. The molecule has 1 saturated heterocycles. The number of hydrogen-bond acceptors (Lipinski definition) is 6. The first kappa shape index (κ1) is 20.0. The molecule has 1 aromatic carbocycles. The lowest BCUT2D eigenvalue weighted by molar-refractivity contribution is 0.148. The quantitative estimate of drug-likeness (QED) is 0.803. The van der Waals surface area contributed by atoms with Gasteiger partial charge in [0, 0.05) is 45.2 Å². The SMILES string of the molecule is Cc1ccc(-c2nc(CN3C[C@@H](CS(=O)(=O)N(C)C)[C@H](O)C3)c(C)o2)cc1. The molecule has 0 aliphatic carbocycles. The van der Waals surface area contributed by atoms with Gasteiger partial charge in [0.05, 0.1) is 17.6 Å². The van der Waals surface area contributed by atoms with Gasteiger partial charge in [0.25, 0.3) is 0 Å². The number of oxazole rings is 1. The molecule has 0 saturated carbocycles. The minimum Gasteiger partial charge on any atom is -0.441 e. The van der Waals surface area contributed by atoms with Crippen LogP contribution in [0.15, 0.2) is 28.7 Å². The van der Waals surface area contributed by atoms with Crippen molar-refractivity contribution in [1.29, 1.82) is 0 Å². The van der Waals surface area contributed by atoms with Crippen molar-refractivity contribution < 1.29 is 17.9 Å². The number of rotatable bonds is 6. The second-order valence-electron chi connectivity index (χ2n) is 7.47. The summed E-state index contributed by atoms with van der Waals surface area (Å²) in [6.07, 6.45) is -0.663. The first-order valence-corrected chi connectivity index (χ1v) is 10.6. The van der Waals surface area contributed by atoms with Crippen molar-refractivity contribution in [2.24, 2.45) is 5.92 Å². The van der Waals surface area contributed by atoms with E-state index < -0.39 is 16.1 Å². The first-order chi connectivity index (χ1) is 12.7. The maximum atomic E-state index is 12.1. The smallest absolute Gasteiger partial charge is 0.226 e. The van der Waals surface area contributed by atoms with Crippen LogP contribution >= 0.6 is 0 Å². The molecule has 1 fully saturated rings. The molecule has 2 heterocycles. The lowest BCUT2D eigenvalue weighted by Crippen LogP contribution is -2.33. The Hall–Kier alpha value is -1.74. The molecule has 1 aromatic heterocycles. The van der Waals surface area contributed by atoms with E-state index in [2.05, 4.69) is 4.98 Å². The highest BCUT2D eigenvalue weighted by atomic mass is 32.2. The summed E-state index contributed by atoms with van der Waals surface area (Å²) in [5.74, 6) is 0.962. The average Bonchev–Trinajstić information content (AvgIpc) is 3.11. The van der Waals surface area contributed by atoms with E-state index in [4.69, 9.17) is 4.42 Å². The third-order valence-corrected chi connectivity index (χ3v) is 6.99. The van der Waals surface area contributed by atoms with Crippen LogP contribution in [0.4, 0.5) is 0 Å². The highest BCUT2D eigenvalue weighted by molar-refractivity contribution is 7.89. The molecular formula is C19H27N3O4S. The molecule has 2 atom stereocenters. The van der Waals surface area contributed by atoms with Gasteiger partial charge < -0.3 is 9.52 Å². The zero-order chi connectivity index (χ0) is 19.8. The number of benzene rings is 1. The summed E-state index contributed by atoms with van der Waals surface area (Å²) in [4.78, 5) is 6.64. The lowest BCUT2D eigenvalue weighted by atomic mass is 10.1. The van der Waals surface area contributed by atoms with Crippen molar-refractivity contribution in [2.45, 2.75) is 26.5 Å². The van der Waals surface area contributed by atoms with Crippen LogP contribution in [0.25, 0.3) is 11.5 Å². The Morgan fingerprint density at radius 3 is 2.52 bits per heavy atom. The Morgan fingerprint density at radius 2 is 1.89 bits per heavy atom. The maximum absolute atomic E-state index is 12.1. The van der Waals surface area contributed by atoms with Crippen molar-refractivity contribution in [3.8, 4) is 11.5 Å². The Bertz CT molecular complexity index is 890. The van der Waals surface area contributed by atoms with E-state index in [9.17, 15) is 13.5 Å². The Balaban J connectivity index is 1.69.